The maximum absolute atomic E-state index is 14.0. The van der Waals surface area contributed by atoms with Gasteiger partial charge < -0.3 is 14.5 Å². The van der Waals surface area contributed by atoms with Gasteiger partial charge in [0.1, 0.15) is 11.9 Å². The molecule has 0 unspecified atom stereocenters. The summed E-state index contributed by atoms with van der Waals surface area (Å²) in [6.45, 7) is 2.09. The Morgan fingerprint density at radius 2 is 1.42 bits per heavy atom. The quantitative estimate of drug-likeness (QED) is 0.134. The number of benzene rings is 4. The number of amides is 1. The molecule has 1 aliphatic rings. The molecule has 0 aromatic heterocycles. The molecule has 0 bridgehead atoms. The Kier molecular flexibility index (Phi) is 6.86. The number of rotatable bonds is 7. The third-order valence-corrected chi connectivity index (χ3v) is 6.41. The van der Waals surface area contributed by atoms with Crippen LogP contribution in [0, 0.1) is 10.1 Å². The van der Waals surface area contributed by atoms with E-state index in [9.17, 15) is 19.7 Å². The second-order valence-electron chi connectivity index (χ2n) is 9.03. The lowest BCUT2D eigenvalue weighted by Gasteiger charge is -2.46. The number of esters is 1. The number of hydrogen-bond donors (Lipinski definition) is 0. The number of fused-ring (bicyclic) bond motifs is 1. The van der Waals surface area contributed by atoms with Crippen LogP contribution in [0.3, 0.4) is 0 Å². The second-order valence-corrected chi connectivity index (χ2v) is 9.03. The molecule has 8 nitrogen and oxygen atoms in total. The molecule has 0 saturated carbocycles. The SMILES string of the molecule is CC(=O)Oc1ccc([C@@H]2N(Cc3ccccc3)C(=O)c3cc([N+](=O)[O-])ccc3N2Cc2ccccc2)cc1. The number of nitro benzene ring substituents is 1. The smallest absolute Gasteiger partial charge is 0.308 e. The van der Waals surface area contributed by atoms with Crippen molar-refractivity contribution in [1.82, 2.24) is 4.90 Å². The Morgan fingerprint density at radius 3 is 1.97 bits per heavy atom. The van der Waals surface area contributed by atoms with Crippen LogP contribution >= 0.6 is 0 Å². The summed E-state index contributed by atoms with van der Waals surface area (Å²) in [7, 11) is 0. The van der Waals surface area contributed by atoms with E-state index in [0.717, 1.165) is 16.7 Å². The number of ether oxygens (including phenoxy) is 1. The Labute approximate surface area is 219 Å². The first-order valence-corrected chi connectivity index (χ1v) is 12.1. The average molecular weight is 508 g/mol. The van der Waals surface area contributed by atoms with Crippen molar-refractivity contribution in [3.05, 3.63) is 135 Å². The monoisotopic (exact) mass is 507 g/mol. The van der Waals surface area contributed by atoms with Crippen LogP contribution < -0.4 is 9.64 Å². The molecule has 4 aromatic carbocycles. The Hall–Kier alpha value is -4.98. The van der Waals surface area contributed by atoms with E-state index in [1.54, 1.807) is 23.1 Å². The molecule has 0 aliphatic carbocycles. The summed E-state index contributed by atoms with van der Waals surface area (Å²) in [5, 5.41) is 11.6. The lowest BCUT2D eigenvalue weighted by molar-refractivity contribution is -0.384. The van der Waals surface area contributed by atoms with E-state index in [1.807, 2.05) is 72.8 Å². The largest absolute Gasteiger partial charge is 0.427 e. The first kappa shape index (κ1) is 24.7. The molecule has 0 radical (unpaired) electrons. The maximum atomic E-state index is 14.0. The second kappa shape index (κ2) is 10.6. The molecule has 0 saturated heterocycles. The molecule has 0 N–H and O–H groups in total. The fourth-order valence-corrected chi connectivity index (χ4v) is 4.75. The van der Waals surface area contributed by atoms with Crippen LogP contribution in [0.25, 0.3) is 0 Å². The van der Waals surface area contributed by atoms with Crippen molar-refractivity contribution < 1.29 is 19.2 Å². The van der Waals surface area contributed by atoms with Crippen molar-refractivity contribution in [3.8, 4) is 5.75 Å². The molecule has 0 spiro atoms. The molecule has 1 atom stereocenters. The predicted octanol–water partition coefficient (Wildman–Crippen LogP) is 5.88. The molecular weight excluding hydrogens is 482 g/mol. The van der Waals surface area contributed by atoms with Crippen LogP contribution in [-0.2, 0) is 17.9 Å². The number of nitro groups is 1. The zero-order chi connectivity index (χ0) is 26.6. The first-order chi connectivity index (χ1) is 18.4. The molecule has 38 heavy (non-hydrogen) atoms. The minimum Gasteiger partial charge on any atom is -0.427 e. The van der Waals surface area contributed by atoms with Gasteiger partial charge in [0.15, 0.2) is 0 Å². The van der Waals surface area contributed by atoms with Gasteiger partial charge in [0.25, 0.3) is 11.6 Å². The topological polar surface area (TPSA) is 93.0 Å². The van der Waals surface area contributed by atoms with Gasteiger partial charge >= 0.3 is 5.97 Å². The molecule has 0 fully saturated rings. The van der Waals surface area contributed by atoms with E-state index in [0.29, 0.717) is 24.5 Å². The molecule has 190 valence electrons. The zero-order valence-corrected chi connectivity index (χ0v) is 20.7. The number of carbonyl (C=O) groups is 2. The summed E-state index contributed by atoms with van der Waals surface area (Å²) in [5.74, 6) is -0.313. The number of hydrogen-bond acceptors (Lipinski definition) is 6. The molecule has 8 heteroatoms. The number of anilines is 1. The molecule has 1 amide bonds. The summed E-state index contributed by atoms with van der Waals surface area (Å²) < 4.78 is 5.22. The van der Waals surface area contributed by atoms with Gasteiger partial charge in [-0.15, -0.1) is 0 Å². The number of nitrogens with zero attached hydrogens (tertiary/aromatic N) is 3. The van der Waals surface area contributed by atoms with Crippen LogP contribution in [0.1, 0.15) is 40.1 Å². The van der Waals surface area contributed by atoms with Crippen molar-refractivity contribution in [2.75, 3.05) is 4.90 Å². The van der Waals surface area contributed by atoms with Gasteiger partial charge in [-0.3, -0.25) is 19.7 Å². The molecule has 1 aliphatic heterocycles. The first-order valence-electron chi connectivity index (χ1n) is 12.1. The lowest BCUT2D eigenvalue weighted by atomic mass is 9.98. The van der Waals surface area contributed by atoms with Crippen molar-refractivity contribution in [3.63, 3.8) is 0 Å². The highest BCUT2D eigenvalue weighted by Crippen LogP contribution is 2.42. The van der Waals surface area contributed by atoms with Crippen molar-refractivity contribution >= 4 is 23.3 Å². The Bertz CT molecular complexity index is 1470. The Morgan fingerprint density at radius 1 is 0.842 bits per heavy atom. The van der Waals surface area contributed by atoms with E-state index in [1.165, 1.54) is 19.1 Å². The van der Waals surface area contributed by atoms with Gasteiger partial charge in [0.2, 0.25) is 0 Å². The molecule has 5 rings (SSSR count). The minimum absolute atomic E-state index is 0.138. The van der Waals surface area contributed by atoms with Gasteiger partial charge in [0.05, 0.1) is 16.2 Å². The summed E-state index contributed by atoms with van der Waals surface area (Å²) in [6.07, 6.45) is -0.525. The third-order valence-electron chi connectivity index (χ3n) is 6.41. The highest BCUT2D eigenvalue weighted by Gasteiger charge is 2.39. The maximum Gasteiger partial charge on any atom is 0.308 e. The molecule has 4 aromatic rings. The van der Waals surface area contributed by atoms with E-state index in [-0.39, 0.29) is 17.2 Å². The lowest BCUT2D eigenvalue weighted by Crippen LogP contribution is -2.48. The van der Waals surface area contributed by atoms with E-state index in [4.69, 9.17) is 4.74 Å². The summed E-state index contributed by atoms with van der Waals surface area (Å²) >= 11 is 0. The fraction of sp³-hybridized carbons (Fsp3) is 0.133. The van der Waals surface area contributed by atoms with Crippen LogP contribution in [0.5, 0.6) is 5.75 Å². The van der Waals surface area contributed by atoms with Gasteiger partial charge in [0, 0.05) is 32.1 Å². The van der Waals surface area contributed by atoms with Crippen LogP contribution in [0.15, 0.2) is 103 Å². The van der Waals surface area contributed by atoms with Crippen LogP contribution in [0.4, 0.5) is 11.4 Å². The summed E-state index contributed by atoms with van der Waals surface area (Å²) in [5.41, 5.74) is 3.51. The van der Waals surface area contributed by atoms with Crippen molar-refractivity contribution in [2.24, 2.45) is 0 Å². The van der Waals surface area contributed by atoms with E-state index in [2.05, 4.69) is 4.90 Å². The van der Waals surface area contributed by atoms with Crippen LogP contribution in [0.2, 0.25) is 0 Å². The fourth-order valence-electron chi connectivity index (χ4n) is 4.75. The molecule has 1 heterocycles. The van der Waals surface area contributed by atoms with E-state index < -0.39 is 17.1 Å². The van der Waals surface area contributed by atoms with Crippen molar-refractivity contribution in [2.45, 2.75) is 26.2 Å². The van der Waals surface area contributed by atoms with E-state index >= 15 is 0 Å². The standard InChI is InChI=1S/C30H25N3O5/c1-21(34)38-26-15-12-24(13-16-26)29-31(19-22-8-4-2-5-9-22)28-17-14-25(33(36)37)18-27(28)30(35)32(29)20-23-10-6-3-7-11-23/h2-18,29H,19-20H2,1H3/t29-/m0/s1. The normalized spacial score (nSPS) is 14.7. The number of carbonyl (C=O) groups excluding carboxylic acids is 2. The summed E-state index contributed by atoms with van der Waals surface area (Å²) in [6, 6.07) is 31.0. The predicted molar refractivity (Wildman–Crippen MR) is 143 cm³/mol. The van der Waals surface area contributed by atoms with Gasteiger partial charge in [-0.2, -0.15) is 0 Å². The Balaban J connectivity index is 1.67. The van der Waals surface area contributed by atoms with Crippen molar-refractivity contribution in [1.29, 1.82) is 0 Å². The summed E-state index contributed by atoms with van der Waals surface area (Å²) in [4.78, 5) is 40.3. The number of non-ortho nitro benzene ring substituents is 1. The highest BCUT2D eigenvalue weighted by molar-refractivity contribution is 6.02. The third kappa shape index (κ3) is 5.10. The molecular formula is C30H25N3O5. The van der Waals surface area contributed by atoms with Gasteiger partial charge in [-0.05, 0) is 34.9 Å². The van der Waals surface area contributed by atoms with Crippen LogP contribution in [-0.4, -0.2) is 21.7 Å². The average Bonchev–Trinajstić information content (AvgIpc) is 2.92. The van der Waals surface area contributed by atoms with Gasteiger partial charge in [-0.1, -0.05) is 72.8 Å². The minimum atomic E-state index is -0.525. The van der Waals surface area contributed by atoms with Gasteiger partial charge in [-0.25, -0.2) is 0 Å². The highest BCUT2D eigenvalue weighted by atomic mass is 16.6. The zero-order valence-electron chi connectivity index (χ0n) is 20.7.